The first-order chi connectivity index (χ1) is 10.3. The molecule has 1 aliphatic carbocycles. The Morgan fingerprint density at radius 2 is 2.09 bits per heavy atom. The molecule has 22 heavy (non-hydrogen) atoms. The zero-order chi connectivity index (χ0) is 15.9. The predicted octanol–water partition coefficient (Wildman–Crippen LogP) is 1.62. The number of likely N-dealkylation sites (tertiary alicyclic amines) is 1. The molecule has 0 spiro atoms. The number of fused-ring (bicyclic) bond motifs is 1. The molecule has 2 heterocycles. The third kappa shape index (κ3) is 3.50. The van der Waals surface area contributed by atoms with Gasteiger partial charge in [0, 0.05) is 31.9 Å². The maximum atomic E-state index is 11.8. The number of amides is 1. The fraction of sp³-hybridized carbons (Fsp3) is 0.625. The monoisotopic (exact) mass is 304 g/mol. The molecule has 2 aliphatic rings. The number of carbonyl (C=O) groups excluding carboxylic acids is 1. The van der Waals surface area contributed by atoms with Crippen molar-refractivity contribution in [2.45, 2.75) is 39.0 Å². The smallest absolute Gasteiger partial charge is 0.407 e. The van der Waals surface area contributed by atoms with Crippen LogP contribution in [0.1, 0.15) is 26.3 Å². The van der Waals surface area contributed by atoms with E-state index in [1.807, 2.05) is 39.1 Å². The number of nitrogen functional groups attached to an aromatic ring is 1. The van der Waals surface area contributed by atoms with Gasteiger partial charge in [-0.05, 0) is 44.2 Å². The molecule has 2 unspecified atom stereocenters. The van der Waals surface area contributed by atoms with Crippen molar-refractivity contribution in [3.63, 3.8) is 0 Å². The first kappa shape index (κ1) is 15.1. The first-order valence-corrected chi connectivity index (χ1v) is 7.74. The summed E-state index contributed by atoms with van der Waals surface area (Å²) in [6.45, 7) is 8.54. The van der Waals surface area contributed by atoms with Crippen LogP contribution in [0.2, 0.25) is 0 Å². The molecule has 6 heteroatoms. The van der Waals surface area contributed by atoms with Crippen LogP contribution in [0.25, 0.3) is 0 Å². The van der Waals surface area contributed by atoms with Crippen LogP contribution in [0, 0.1) is 11.8 Å². The van der Waals surface area contributed by atoms with E-state index in [-0.39, 0.29) is 12.1 Å². The number of hydrogen-bond donors (Lipinski definition) is 2. The fourth-order valence-electron chi connectivity index (χ4n) is 3.19. The molecule has 2 atom stereocenters. The number of rotatable bonds is 3. The average molecular weight is 304 g/mol. The molecule has 1 aliphatic heterocycles. The minimum absolute atomic E-state index is 0.274. The quantitative estimate of drug-likeness (QED) is 0.887. The van der Waals surface area contributed by atoms with Gasteiger partial charge in [-0.15, -0.1) is 0 Å². The van der Waals surface area contributed by atoms with E-state index >= 15 is 0 Å². The molecule has 0 bridgehead atoms. The Kier molecular flexibility index (Phi) is 3.72. The molecule has 3 rings (SSSR count). The number of nitrogens with zero attached hydrogens (tertiary/aromatic N) is 2. The van der Waals surface area contributed by atoms with Crippen molar-refractivity contribution in [3.05, 3.63) is 23.9 Å². The molecule has 2 fully saturated rings. The van der Waals surface area contributed by atoms with Gasteiger partial charge < -0.3 is 15.8 Å². The minimum Gasteiger partial charge on any atom is -0.444 e. The van der Waals surface area contributed by atoms with Crippen LogP contribution in [0.5, 0.6) is 0 Å². The molecule has 1 saturated carbocycles. The van der Waals surface area contributed by atoms with E-state index in [0.717, 1.165) is 19.6 Å². The van der Waals surface area contributed by atoms with Crippen molar-refractivity contribution in [2.75, 3.05) is 18.8 Å². The van der Waals surface area contributed by atoms with Crippen LogP contribution in [0.15, 0.2) is 18.3 Å². The number of pyridine rings is 1. The number of aromatic nitrogens is 1. The highest BCUT2D eigenvalue weighted by atomic mass is 16.6. The minimum atomic E-state index is -0.442. The van der Waals surface area contributed by atoms with Gasteiger partial charge >= 0.3 is 6.09 Å². The summed E-state index contributed by atoms with van der Waals surface area (Å²) in [5, 5.41) is 2.99. The second kappa shape index (κ2) is 5.43. The summed E-state index contributed by atoms with van der Waals surface area (Å²) in [4.78, 5) is 18.3. The summed E-state index contributed by atoms with van der Waals surface area (Å²) in [5.41, 5.74) is 6.33. The lowest BCUT2D eigenvalue weighted by Crippen LogP contribution is -2.38. The van der Waals surface area contributed by atoms with Crippen molar-refractivity contribution in [1.82, 2.24) is 15.2 Å². The van der Waals surface area contributed by atoms with Crippen molar-refractivity contribution in [3.8, 4) is 0 Å². The highest BCUT2D eigenvalue weighted by Crippen LogP contribution is 2.45. The maximum Gasteiger partial charge on any atom is 0.407 e. The van der Waals surface area contributed by atoms with Gasteiger partial charge in [-0.25, -0.2) is 9.78 Å². The summed E-state index contributed by atoms with van der Waals surface area (Å²) in [5.74, 6) is 1.65. The van der Waals surface area contributed by atoms with E-state index in [9.17, 15) is 4.79 Å². The standard InChI is InChI=1S/C16H24N4O2/c1-16(2,3)22-15(21)19-14-11-8-20(9-12(11)14)7-10-4-5-13(17)18-6-10/h4-6,11-12,14H,7-9H2,1-3H3,(H2,17,18)(H,19,21). The first-order valence-electron chi connectivity index (χ1n) is 7.74. The molecule has 120 valence electrons. The van der Waals surface area contributed by atoms with E-state index in [4.69, 9.17) is 10.5 Å². The fourth-order valence-corrected chi connectivity index (χ4v) is 3.19. The second-order valence-electron chi connectivity index (χ2n) is 7.29. The number of nitrogens with one attached hydrogen (secondary N) is 1. The van der Waals surface area contributed by atoms with Gasteiger partial charge in [0.05, 0.1) is 0 Å². The van der Waals surface area contributed by atoms with Crippen LogP contribution < -0.4 is 11.1 Å². The molecular formula is C16H24N4O2. The van der Waals surface area contributed by atoms with Crippen molar-refractivity contribution < 1.29 is 9.53 Å². The molecule has 1 aromatic rings. The summed E-state index contributed by atoms with van der Waals surface area (Å²) in [7, 11) is 0. The van der Waals surface area contributed by atoms with Crippen LogP contribution in [0.4, 0.5) is 10.6 Å². The van der Waals surface area contributed by atoms with Crippen LogP contribution in [0.3, 0.4) is 0 Å². The number of ether oxygens (including phenoxy) is 1. The molecule has 1 saturated heterocycles. The van der Waals surface area contributed by atoms with Gasteiger partial charge in [0.2, 0.25) is 0 Å². The van der Waals surface area contributed by atoms with E-state index in [0.29, 0.717) is 17.7 Å². The summed E-state index contributed by atoms with van der Waals surface area (Å²) >= 11 is 0. The maximum absolute atomic E-state index is 11.8. The number of hydrogen-bond acceptors (Lipinski definition) is 5. The van der Waals surface area contributed by atoms with E-state index < -0.39 is 5.60 Å². The summed E-state index contributed by atoms with van der Waals surface area (Å²) < 4.78 is 5.30. The zero-order valence-electron chi connectivity index (χ0n) is 13.4. The lowest BCUT2D eigenvalue weighted by Gasteiger charge is -2.22. The Morgan fingerprint density at radius 3 is 2.64 bits per heavy atom. The highest BCUT2D eigenvalue weighted by Gasteiger charge is 2.56. The number of carbonyl (C=O) groups is 1. The largest absolute Gasteiger partial charge is 0.444 e. The Balaban J connectivity index is 1.43. The van der Waals surface area contributed by atoms with Crippen molar-refractivity contribution in [2.24, 2.45) is 11.8 Å². The van der Waals surface area contributed by atoms with E-state index in [2.05, 4.69) is 15.2 Å². The molecule has 3 N–H and O–H groups in total. The van der Waals surface area contributed by atoms with Crippen molar-refractivity contribution in [1.29, 1.82) is 0 Å². The SMILES string of the molecule is CC(C)(C)OC(=O)NC1C2CN(Cc3ccc(N)nc3)CC21. The van der Waals surface area contributed by atoms with Gasteiger partial charge in [0.25, 0.3) is 0 Å². The molecular weight excluding hydrogens is 280 g/mol. The molecule has 1 amide bonds. The predicted molar refractivity (Wildman–Crippen MR) is 84.1 cm³/mol. The normalized spacial score (nSPS) is 27.3. The topological polar surface area (TPSA) is 80.5 Å². The molecule has 1 aromatic heterocycles. The van der Waals surface area contributed by atoms with Crippen molar-refractivity contribution >= 4 is 11.9 Å². The van der Waals surface area contributed by atoms with Crippen LogP contribution >= 0.6 is 0 Å². The number of piperidine rings is 1. The molecule has 6 nitrogen and oxygen atoms in total. The van der Waals surface area contributed by atoms with E-state index in [1.165, 1.54) is 5.56 Å². The van der Waals surface area contributed by atoms with Gasteiger partial charge in [0.1, 0.15) is 11.4 Å². The summed E-state index contributed by atoms with van der Waals surface area (Å²) in [6, 6.07) is 4.12. The third-order valence-electron chi connectivity index (χ3n) is 4.21. The van der Waals surface area contributed by atoms with E-state index in [1.54, 1.807) is 0 Å². The third-order valence-corrected chi connectivity index (χ3v) is 4.21. The van der Waals surface area contributed by atoms with Gasteiger partial charge in [0.15, 0.2) is 0 Å². The number of nitrogens with two attached hydrogens (primary N) is 1. The summed E-state index contributed by atoms with van der Waals surface area (Å²) in [6.07, 6.45) is 1.52. The second-order valence-corrected chi connectivity index (χ2v) is 7.29. The van der Waals surface area contributed by atoms with Gasteiger partial charge in [-0.1, -0.05) is 6.07 Å². The number of anilines is 1. The van der Waals surface area contributed by atoms with Crippen LogP contribution in [-0.4, -0.2) is 40.7 Å². The average Bonchev–Trinajstić information content (AvgIpc) is 2.84. The Labute approximate surface area is 131 Å². The Hall–Kier alpha value is -1.82. The lowest BCUT2D eigenvalue weighted by molar-refractivity contribution is 0.0513. The highest BCUT2D eigenvalue weighted by molar-refractivity contribution is 5.68. The Morgan fingerprint density at radius 1 is 1.41 bits per heavy atom. The molecule has 0 radical (unpaired) electrons. The molecule has 0 aromatic carbocycles. The number of alkyl carbamates (subject to hydrolysis) is 1. The van der Waals surface area contributed by atoms with Gasteiger partial charge in [-0.2, -0.15) is 0 Å². The Bertz CT molecular complexity index is 540. The van der Waals surface area contributed by atoms with Crippen LogP contribution in [-0.2, 0) is 11.3 Å². The lowest BCUT2D eigenvalue weighted by atomic mass is 10.2. The zero-order valence-corrected chi connectivity index (χ0v) is 13.4. The van der Waals surface area contributed by atoms with Gasteiger partial charge in [-0.3, -0.25) is 4.90 Å².